The lowest BCUT2D eigenvalue weighted by Gasteiger charge is -2.08. The van der Waals surface area contributed by atoms with Gasteiger partial charge in [0, 0.05) is 30.3 Å². The molecule has 0 bridgehead atoms. The Balaban J connectivity index is 1.77. The number of nitrogens with zero attached hydrogens (tertiary/aromatic N) is 4. The number of benzene rings is 1. The summed E-state index contributed by atoms with van der Waals surface area (Å²) in [5, 5.41) is 14.6. The van der Waals surface area contributed by atoms with Gasteiger partial charge in [0.1, 0.15) is 6.54 Å². The van der Waals surface area contributed by atoms with Crippen LogP contribution in [0.15, 0.2) is 44.4 Å². The molecule has 2 heterocycles. The van der Waals surface area contributed by atoms with Crippen molar-refractivity contribution in [2.45, 2.75) is 26.0 Å². The molecule has 0 saturated carbocycles. The molecule has 136 valence electrons. The number of aliphatic hydroxyl groups excluding tert-OH is 1. The zero-order valence-corrected chi connectivity index (χ0v) is 15.0. The van der Waals surface area contributed by atoms with E-state index in [4.69, 9.17) is 16.1 Å². The quantitative estimate of drug-likeness (QED) is 0.718. The van der Waals surface area contributed by atoms with Crippen LogP contribution in [0.2, 0.25) is 5.02 Å². The molecule has 0 radical (unpaired) electrons. The van der Waals surface area contributed by atoms with Crippen LogP contribution in [0, 0.1) is 6.92 Å². The summed E-state index contributed by atoms with van der Waals surface area (Å²) in [6.45, 7) is 1.55. The number of aliphatic hydroxyl groups is 1. The molecule has 0 aliphatic rings. The predicted octanol–water partition coefficient (Wildman–Crippen LogP) is 1.22. The molecule has 26 heavy (non-hydrogen) atoms. The molecule has 3 aromatic rings. The summed E-state index contributed by atoms with van der Waals surface area (Å²) >= 11 is 5.83. The van der Waals surface area contributed by atoms with E-state index >= 15 is 0 Å². The van der Waals surface area contributed by atoms with Gasteiger partial charge in [0.05, 0.1) is 6.10 Å². The fraction of sp³-hybridized carbons (Fsp3) is 0.294. The van der Waals surface area contributed by atoms with Gasteiger partial charge in [-0.2, -0.15) is 4.98 Å². The molecule has 1 atom stereocenters. The van der Waals surface area contributed by atoms with Crippen molar-refractivity contribution in [2.75, 3.05) is 0 Å². The number of hydrogen-bond acceptors (Lipinski definition) is 6. The highest BCUT2D eigenvalue weighted by Crippen LogP contribution is 2.19. The summed E-state index contributed by atoms with van der Waals surface area (Å²) in [5.74, 6) is 0.394. The van der Waals surface area contributed by atoms with E-state index in [-0.39, 0.29) is 24.7 Å². The van der Waals surface area contributed by atoms with Gasteiger partial charge in [-0.3, -0.25) is 9.36 Å². The van der Waals surface area contributed by atoms with E-state index in [1.165, 1.54) is 10.6 Å². The maximum Gasteiger partial charge on any atom is 0.331 e. The normalized spacial score (nSPS) is 12.3. The van der Waals surface area contributed by atoms with Gasteiger partial charge in [0.2, 0.25) is 5.89 Å². The fourth-order valence-electron chi connectivity index (χ4n) is 2.47. The van der Waals surface area contributed by atoms with E-state index in [0.29, 0.717) is 16.3 Å². The van der Waals surface area contributed by atoms with E-state index in [1.54, 1.807) is 38.2 Å². The van der Waals surface area contributed by atoms with Gasteiger partial charge in [0.15, 0.2) is 5.82 Å². The Bertz CT molecular complexity index is 1040. The van der Waals surface area contributed by atoms with Gasteiger partial charge in [0.25, 0.3) is 5.56 Å². The summed E-state index contributed by atoms with van der Waals surface area (Å²) in [4.78, 5) is 28.4. The lowest BCUT2D eigenvalue weighted by atomic mass is 10.1. The Kier molecular flexibility index (Phi) is 5.06. The maximum atomic E-state index is 12.2. The van der Waals surface area contributed by atoms with Crippen LogP contribution in [0.5, 0.6) is 0 Å². The largest absolute Gasteiger partial charge is 0.388 e. The fourth-order valence-corrected chi connectivity index (χ4v) is 2.60. The molecular weight excluding hydrogens is 360 g/mol. The molecular formula is C17H17ClN4O4. The third kappa shape index (κ3) is 3.76. The standard InChI is InChI=1S/C17H17ClN4O4/c1-10-7-16(24)22(17(25)21(10)2)9-15-19-14(20-26-15)8-13(23)11-3-5-12(18)6-4-11/h3-7,13,23H,8-9H2,1-2H3/t13-/m0/s1. The summed E-state index contributed by atoms with van der Waals surface area (Å²) in [5.41, 5.74) is 0.334. The van der Waals surface area contributed by atoms with Gasteiger partial charge >= 0.3 is 5.69 Å². The average molecular weight is 377 g/mol. The highest BCUT2D eigenvalue weighted by atomic mass is 35.5. The van der Waals surface area contributed by atoms with Crippen molar-refractivity contribution in [3.05, 3.63) is 79.2 Å². The minimum Gasteiger partial charge on any atom is -0.388 e. The average Bonchev–Trinajstić information content (AvgIpc) is 3.04. The van der Waals surface area contributed by atoms with Crippen molar-refractivity contribution in [3.8, 4) is 0 Å². The predicted molar refractivity (Wildman–Crippen MR) is 94.2 cm³/mol. The molecule has 0 aliphatic heterocycles. The van der Waals surface area contributed by atoms with Gasteiger partial charge < -0.3 is 14.2 Å². The van der Waals surface area contributed by atoms with Crippen molar-refractivity contribution >= 4 is 11.6 Å². The molecule has 0 amide bonds. The number of aromatic nitrogens is 4. The monoisotopic (exact) mass is 376 g/mol. The summed E-state index contributed by atoms with van der Waals surface area (Å²) in [6, 6.07) is 8.15. The Morgan fingerprint density at radius 2 is 1.96 bits per heavy atom. The summed E-state index contributed by atoms with van der Waals surface area (Å²) < 4.78 is 7.48. The topological polar surface area (TPSA) is 103 Å². The van der Waals surface area contributed by atoms with Crippen LogP contribution < -0.4 is 11.2 Å². The molecule has 0 aliphatic carbocycles. The summed E-state index contributed by atoms with van der Waals surface area (Å²) in [7, 11) is 1.58. The molecule has 0 unspecified atom stereocenters. The van der Waals surface area contributed by atoms with Crippen LogP contribution in [-0.4, -0.2) is 24.4 Å². The molecule has 0 spiro atoms. The second kappa shape index (κ2) is 7.27. The number of rotatable bonds is 5. The van der Waals surface area contributed by atoms with E-state index in [9.17, 15) is 14.7 Å². The zero-order valence-electron chi connectivity index (χ0n) is 14.2. The Labute approximate surface area is 153 Å². The lowest BCUT2D eigenvalue weighted by molar-refractivity contribution is 0.174. The smallest absolute Gasteiger partial charge is 0.331 e. The van der Waals surface area contributed by atoms with Crippen LogP contribution in [0.4, 0.5) is 0 Å². The first-order chi connectivity index (χ1) is 12.3. The van der Waals surface area contributed by atoms with E-state index in [0.717, 1.165) is 4.57 Å². The van der Waals surface area contributed by atoms with Crippen LogP contribution in [0.25, 0.3) is 0 Å². The first-order valence-corrected chi connectivity index (χ1v) is 8.25. The van der Waals surface area contributed by atoms with E-state index < -0.39 is 17.4 Å². The highest BCUT2D eigenvalue weighted by molar-refractivity contribution is 6.30. The molecule has 2 aromatic heterocycles. The van der Waals surface area contributed by atoms with Crippen molar-refractivity contribution in [2.24, 2.45) is 7.05 Å². The highest BCUT2D eigenvalue weighted by Gasteiger charge is 2.15. The molecule has 8 nitrogen and oxygen atoms in total. The van der Waals surface area contributed by atoms with Crippen LogP contribution in [-0.2, 0) is 20.0 Å². The number of aryl methyl sites for hydroxylation is 1. The van der Waals surface area contributed by atoms with Crippen molar-refractivity contribution in [1.82, 2.24) is 19.3 Å². The first kappa shape index (κ1) is 18.1. The van der Waals surface area contributed by atoms with Crippen molar-refractivity contribution in [3.63, 3.8) is 0 Å². The molecule has 3 rings (SSSR count). The Morgan fingerprint density at radius 1 is 1.27 bits per heavy atom. The zero-order chi connectivity index (χ0) is 18.8. The maximum absolute atomic E-state index is 12.2. The van der Waals surface area contributed by atoms with Gasteiger partial charge in [-0.15, -0.1) is 0 Å². The molecule has 0 saturated heterocycles. The number of hydrogen-bond donors (Lipinski definition) is 1. The van der Waals surface area contributed by atoms with E-state index in [2.05, 4.69) is 10.1 Å². The molecule has 9 heteroatoms. The molecule has 0 fully saturated rings. The lowest BCUT2D eigenvalue weighted by Crippen LogP contribution is -2.39. The van der Waals surface area contributed by atoms with Gasteiger partial charge in [-0.1, -0.05) is 28.9 Å². The minimum atomic E-state index is -0.826. The Morgan fingerprint density at radius 3 is 2.65 bits per heavy atom. The van der Waals surface area contributed by atoms with Crippen LogP contribution in [0.1, 0.15) is 29.1 Å². The SMILES string of the molecule is Cc1cc(=O)n(Cc2nc(C[C@H](O)c3ccc(Cl)cc3)no2)c(=O)n1C. The van der Waals surface area contributed by atoms with E-state index in [1.807, 2.05) is 0 Å². The van der Waals surface area contributed by atoms with Gasteiger partial charge in [-0.05, 0) is 24.6 Å². The second-order valence-electron chi connectivity index (χ2n) is 5.93. The van der Waals surface area contributed by atoms with Crippen molar-refractivity contribution < 1.29 is 9.63 Å². The number of halogens is 1. The third-order valence-corrected chi connectivity index (χ3v) is 4.33. The molecule has 1 aromatic carbocycles. The Hall–Kier alpha value is -2.71. The third-order valence-electron chi connectivity index (χ3n) is 4.08. The minimum absolute atomic E-state index is 0.117. The van der Waals surface area contributed by atoms with Gasteiger partial charge in [-0.25, -0.2) is 4.79 Å². The van der Waals surface area contributed by atoms with Crippen LogP contribution in [0.3, 0.4) is 0 Å². The molecule has 1 N–H and O–H groups in total. The van der Waals surface area contributed by atoms with Crippen LogP contribution >= 0.6 is 11.6 Å². The van der Waals surface area contributed by atoms with Crippen molar-refractivity contribution in [1.29, 1.82) is 0 Å². The summed E-state index contributed by atoms with van der Waals surface area (Å²) in [6.07, 6.45) is -0.695. The first-order valence-electron chi connectivity index (χ1n) is 7.87. The second-order valence-corrected chi connectivity index (χ2v) is 6.36.